The Morgan fingerprint density at radius 1 is 1.45 bits per heavy atom. The van der Waals surface area contributed by atoms with Crippen LogP contribution < -0.4 is 5.73 Å². The van der Waals surface area contributed by atoms with Crippen molar-refractivity contribution in [2.45, 2.75) is 23.8 Å². The highest BCUT2D eigenvalue weighted by Crippen LogP contribution is 2.27. The van der Waals surface area contributed by atoms with E-state index in [1.807, 2.05) is 0 Å². The zero-order valence-corrected chi connectivity index (χ0v) is 11.2. The molecular weight excluding hydrogens is 286 g/mol. The minimum atomic E-state index is -3.96. The van der Waals surface area contributed by atoms with Crippen LogP contribution in [0.15, 0.2) is 29.2 Å². The summed E-state index contributed by atoms with van der Waals surface area (Å²) in [6.07, 6.45) is 0.894. The fourth-order valence-corrected chi connectivity index (χ4v) is 3.91. The van der Waals surface area contributed by atoms with Gasteiger partial charge in [0.15, 0.2) is 0 Å². The Labute approximate surface area is 115 Å². The third-order valence-electron chi connectivity index (χ3n) is 3.17. The first-order chi connectivity index (χ1) is 9.34. The van der Waals surface area contributed by atoms with Gasteiger partial charge in [-0.2, -0.15) is 4.31 Å². The molecule has 1 fully saturated rings. The van der Waals surface area contributed by atoms with Gasteiger partial charge >= 0.3 is 0 Å². The van der Waals surface area contributed by atoms with Crippen LogP contribution in [-0.2, 0) is 14.8 Å². The van der Waals surface area contributed by atoms with Crippen molar-refractivity contribution in [1.29, 1.82) is 0 Å². The second-order valence-corrected chi connectivity index (χ2v) is 6.32. The summed E-state index contributed by atoms with van der Waals surface area (Å²) in [6, 6.07) is 3.85. The number of nitro groups is 1. The molecule has 0 unspecified atom stereocenters. The Kier molecular flexibility index (Phi) is 3.73. The summed E-state index contributed by atoms with van der Waals surface area (Å²) in [5.74, 6) is -0.712. The molecule has 1 heterocycles. The summed E-state index contributed by atoms with van der Waals surface area (Å²) in [5, 5.41) is 10.7. The van der Waals surface area contributed by atoms with Gasteiger partial charge in [-0.05, 0) is 18.9 Å². The van der Waals surface area contributed by atoms with Crippen molar-refractivity contribution in [2.75, 3.05) is 6.54 Å². The van der Waals surface area contributed by atoms with Crippen molar-refractivity contribution in [3.8, 4) is 0 Å². The first-order valence-electron chi connectivity index (χ1n) is 5.89. The molecule has 0 saturated carbocycles. The normalized spacial score (nSPS) is 19.9. The van der Waals surface area contributed by atoms with E-state index in [2.05, 4.69) is 0 Å². The van der Waals surface area contributed by atoms with E-state index in [-0.39, 0.29) is 17.1 Å². The van der Waals surface area contributed by atoms with Gasteiger partial charge in [-0.1, -0.05) is 6.07 Å². The van der Waals surface area contributed by atoms with Gasteiger partial charge in [-0.25, -0.2) is 8.42 Å². The van der Waals surface area contributed by atoms with E-state index in [1.165, 1.54) is 18.2 Å². The number of carbonyl (C=O) groups is 1. The molecule has 2 N–H and O–H groups in total. The van der Waals surface area contributed by atoms with Crippen molar-refractivity contribution < 1.29 is 18.1 Å². The minimum Gasteiger partial charge on any atom is -0.368 e. The standard InChI is InChI=1S/C11H13N3O5S/c12-11(15)10-5-2-6-13(10)20(18,19)9-4-1-3-8(7-9)14(16)17/h1,3-4,7,10H,2,5-6H2,(H2,12,15)/t10-/m0/s1. The Morgan fingerprint density at radius 3 is 2.75 bits per heavy atom. The molecule has 2 rings (SSSR count). The number of non-ortho nitro benzene ring substituents is 1. The fraction of sp³-hybridized carbons (Fsp3) is 0.364. The van der Waals surface area contributed by atoms with Crippen molar-refractivity contribution >= 4 is 21.6 Å². The number of benzene rings is 1. The average molecular weight is 299 g/mol. The summed E-state index contributed by atoms with van der Waals surface area (Å²) in [6.45, 7) is 0.179. The summed E-state index contributed by atoms with van der Waals surface area (Å²) < 4.78 is 25.8. The number of amides is 1. The van der Waals surface area contributed by atoms with Crippen LogP contribution in [0.25, 0.3) is 0 Å². The summed E-state index contributed by atoms with van der Waals surface area (Å²) >= 11 is 0. The number of nitrogens with two attached hydrogens (primary N) is 1. The summed E-state index contributed by atoms with van der Waals surface area (Å²) in [7, 11) is -3.96. The predicted molar refractivity (Wildman–Crippen MR) is 69.2 cm³/mol. The smallest absolute Gasteiger partial charge is 0.270 e. The Morgan fingerprint density at radius 2 is 2.15 bits per heavy atom. The molecule has 0 spiro atoms. The maximum atomic E-state index is 12.4. The molecule has 0 radical (unpaired) electrons. The van der Waals surface area contributed by atoms with Crippen LogP contribution in [0.1, 0.15) is 12.8 Å². The monoisotopic (exact) mass is 299 g/mol. The van der Waals surface area contributed by atoms with E-state index in [0.717, 1.165) is 10.4 Å². The van der Waals surface area contributed by atoms with Crippen LogP contribution in [0, 0.1) is 10.1 Å². The van der Waals surface area contributed by atoms with Crippen LogP contribution in [-0.4, -0.2) is 36.1 Å². The summed E-state index contributed by atoms with van der Waals surface area (Å²) in [4.78, 5) is 21.1. The number of hydrogen-bond donors (Lipinski definition) is 1. The molecule has 0 aliphatic carbocycles. The van der Waals surface area contributed by atoms with Crippen molar-refractivity contribution in [1.82, 2.24) is 4.31 Å². The average Bonchev–Trinajstić information content (AvgIpc) is 2.89. The molecule has 1 aromatic rings. The fourth-order valence-electron chi connectivity index (χ4n) is 2.21. The lowest BCUT2D eigenvalue weighted by molar-refractivity contribution is -0.385. The SMILES string of the molecule is NC(=O)[C@@H]1CCCN1S(=O)(=O)c1cccc([N+](=O)[O-])c1. The molecule has 9 heteroatoms. The number of hydrogen-bond acceptors (Lipinski definition) is 5. The molecular formula is C11H13N3O5S. The zero-order chi connectivity index (χ0) is 14.9. The zero-order valence-electron chi connectivity index (χ0n) is 10.4. The van der Waals surface area contributed by atoms with Gasteiger partial charge in [-0.3, -0.25) is 14.9 Å². The van der Waals surface area contributed by atoms with E-state index in [4.69, 9.17) is 5.73 Å². The second kappa shape index (κ2) is 5.17. The molecule has 1 atom stereocenters. The Bertz CT molecular complexity index is 658. The Hall–Kier alpha value is -2.00. The van der Waals surface area contributed by atoms with E-state index >= 15 is 0 Å². The van der Waals surface area contributed by atoms with Crippen LogP contribution in [0.5, 0.6) is 0 Å². The highest BCUT2D eigenvalue weighted by atomic mass is 32.2. The van der Waals surface area contributed by atoms with Gasteiger partial charge in [0.25, 0.3) is 5.69 Å². The van der Waals surface area contributed by atoms with Crippen LogP contribution >= 0.6 is 0 Å². The molecule has 1 aliphatic rings. The number of nitro benzene ring substituents is 1. The van der Waals surface area contributed by atoms with E-state index in [1.54, 1.807) is 0 Å². The lowest BCUT2D eigenvalue weighted by Gasteiger charge is -2.21. The molecule has 0 bridgehead atoms. The second-order valence-electron chi connectivity index (χ2n) is 4.43. The van der Waals surface area contributed by atoms with Crippen molar-refractivity contribution in [3.63, 3.8) is 0 Å². The van der Waals surface area contributed by atoms with E-state index in [9.17, 15) is 23.3 Å². The number of sulfonamides is 1. The largest absolute Gasteiger partial charge is 0.368 e. The third kappa shape index (κ3) is 2.49. The molecule has 8 nitrogen and oxygen atoms in total. The van der Waals surface area contributed by atoms with Gasteiger partial charge in [0.1, 0.15) is 6.04 Å². The number of nitrogens with zero attached hydrogens (tertiary/aromatic N) is 2. The van der Waals surface area contributed by atoms with Gasteiger partial charge in [-0.15, -0.1) is 0 Å². The van der Waals surface area contributed by atoms with E-state index < -0.39 is 26.9 Å². The van der Waals surface area contributed by atoms with Gasteiger partial charge in [0.05, 0.1) is 9.82 Å². The maximum Gasteiger partial charge on any atom is 0.270 e. The third-order valence-corrected chi connectivity index (χ3v) is 5.07. The first kappa shape index (κ1) is 14.4. The lowest BCUT2D eigenvalue weighted by atomic mass is 10.2. The number of carbonyl (C=O) groups excluding carboxylic acids is 1. The molecule has 1 amide bonds. The quantitative estimate of drug-likeness (QED) is 0.629. The molecule has 1 aromatic carbocycles. The van der Waals surface area contributed by atoms with Gasteiger partial charge < -0.3 is 5.73 Å². The highest BCUT2D eigenvalue weighted by Gasteiger charge is 2.38. The van der Waals surface area contributed by atoms with Gasteiger partial charge in [0, 0.05) is 18.7 Å². The highest BCUT2D eigenvalue weighted by molar-refractivity contribution is 7.89. The molecule has 0 aromatic heterocycles. The predicted octanol–water partition coefficient (Wildman–Crippen LogP) is 0.233. The minimum absolute atomic E-state index is 0.179. The van der Waals surface area contributed by atoms with Crippen molar-refractivity contribution in [2.24, 2.45) is 5.73 Å². The first-order valence-corrected chi connectivity index (χ1v) is 7.33. The maximum absolute atomic E-state index is 12.4. The number of rotatable bonds is 4. The topological polar surface area (TPSA) is 124 Å². The molecule has 108 valence electrons. The summed E-state index contributed by atoms with van der Waals surface area (Å²) in [5.41, 5.74) is 4.87. The number of primary amides is 1. The van der Waals surface area contributed by atoms with Crippen LogP contribution in [0.4, 0.5) is 5.69 Å². The molecule has 20 heavy (non-hydrogen) atoms. The van der Waals surface area contributed by atoms with Crippen LogP contribution in [0.3, 0.4) is 0 Å². The van der Waals surface area contributed by atoms with E-state index in [0.29, 0.717) is 12.8 Å². The van der Waals surface area contributed by atoms with Gasteiger partial charge in [0.2, 0.25) is 15.9 Å². The van der Waals surface area contributed by atoms with Crippen molar-refractivity contribution in [3.05, 3.63) is 34.4 Å². The molecule has 1 saturated heterocycles. The molecule has 1 aliphatic heterocycles. The van der Waals surface area contributed by atoms with Crippen LogP contribution in [0.2, 0.25) is 0 Å². The Balaban J connectivity index is 2.42. The lowest BCUT2D eigenvalue weighted by Crippen LogP contribution is -2.43.